The maximum atomic E-state index is 12.6. The summed E-state index contributed by atoms with van der Waals surface area (Å²) in [5.74, 6) is 0. The summed E-state index contributed by atoms with van der Waals surface area (Å²) in [6, 6.07) is 5.26. The topological polar surface area (TPSA) is 24.9 Å². The first-order valence-electron chi connectivity index (χ1n) is 5.77. The second-order valence-corrected chi connectivity index (χ2v) is 5.00. The molecular formula is C13H14ClF3N2S. The van der Waals surface area contributed by atoms with Gasteiger partial charge in [-0.05, 0) is 19.2 Å². The van der Waals surface area contributed by atoms with Crippen LogP contribution in [0.5, 0.6) is 0 Å². The van der Waals surface area contributed by atoms with Gasteiger partial charge in [0.2, 0.25) is 0 Å². The molecule has 0 aliphatic carbocycles. The second-order valence-electron chi connectivity index (χ2n) is 4.06. The van der Waals surface area contributed by atoms with Crippen molar-refractivity contribution in [1.29, 1.82) is 0 Å². The highest BCUT2D eigenvalue weighted by Crippen LogP contribution is 2.32. The van der Waals surface area contributed by atoms with Gasteiger partial charge in [-0.15, -0.1) is 23.7 Å². The van der Waals surface area contributed by atoms with Gasteiger partial charge >= 0.3 is 6.18 Å². The molecule has 0 amide bonds. The van der Waals surface area contributed by atoms with Crippen LogP contribution >= 0.6 is 23.7 Å². The van der Waals surface area contributed by atoms with Gasteiger partial charge in [0, 0.05) is 23.9 Å². The molecule has 0 saturated carbocycles. The minimum Gasteiger partial charge on any atom is -0.319 e. The Bertz CT molecular complexity index is 555. The fourth-order valence-corrected chi connectivity index (χ4v) is 2.45. The van der Waals surface area contributed by atoms with Crippen LogP contribution in [0.2, 0.25) is 0 Å². The summed E-state index contributed by atoms with van der Waals surface area (Å²) in [6.45, 7) is 0.801. The third kappa shape index (κ3) is 4.19. The number of halogens is 4. The molecule has 20 heavy (non-hydrogen) atoms. The number of alkyl halides is 3. The van der Waals surface area contributed by atoms with Gasteiger partial charge in [0.05, 0.1) is 16.3 Å². The molecule has 0 fully saturated rings. The molecule has 1 heterocycles. The lowest BCUT2D eigenvalue weighted by Crippen LogP contribution is -2.09. The van der Waals surface area contributed by atoms with Crippen molar-refractivity contribution < 1.29 is 13.2 Å². The summed E-state index contributed by atoms with van der Waals surface area (Å²) in [5.41, 5.74) is 0.457. The molecule has 0 bridgehead atoms. The average molecular weight is 323 g/mol. The number of rotatable bonds is 4. The number of nitrogens with zero attached hydrogens (tertiary/aromatic N) is 1. The van der Waals surface area contributed by atoms with E-state index in [4.69, 9.17) is 0 Å². The van der Waals surface area contributed by atoms with Crippen molar-refractivity contribution in [2.24, 2.45) is 0 Å². The lowest BCUT2D eigenvalue weighted by molar-refractivity contribution is -0.137. The molecule has 0 unspecified atom stereocenters. The molecule has 0 aliphatic rings. The zero-order valence-corrected chi connectivity index (χ0v) is 12.3. The van der Waals surface area contributed by atoms with Crippen molar-refractivity contribution in [2.45, 2.75) is 12.6 Å². The summed E-state index contributed by atoms with van der Waals surface area (Å²) in [4.78, 5) is 4.35. The first kappa shape index (κ1) is 16.9. The molecule has 0 spiro atoms. The van der Waals surface area contributed by atoms with Crippen molar-refractivity contribution in [3.63, 3.8) is 0 Å². The van der Waals surface area contributed by atoms with Crippen LogP contribution in [0.15, 0.2) is 29.6 Å². The number of hydrogen-bond donors (Lipinski definition) is 1. The van der Waals surface area contributed by atoms with Crippen LogP contribution in [0, 0.1) is 0 Å². The molecule has 1 N–H and O–H groups in total. The molecule has 110 valence electrons. The van der Waals surface area contributed by atoms with Gasteiger partial charge in [0.15, 0.2) is 0 Å². The normalized spacial score (nSPS) is 11.2. The quantitative estimate of drug-likeness (QED) is 0.920. The van der Waals surface area contributed by atoms with E-state index in [0.29, 0.717) is 11.3 Å². The Labute approximate surface area is 125 Å². The molecule has 0 atom stereocenters. The molecule has 0 aliphatic heterocycles. The first-order valence-corrected chi connectivity index (χ1v) is 6.65. The van der Waals surface area contributed by atoms with Gasteiger partial charge in [-0.3, -0.25) is 0 Å². The number of benzene rings is 1. The monoisotopic (exact) mass is 322 g/mol. The van der Waals surface area contributed by atoms with Gasteiger partial charge in [0.25, 0.3) is 0 Å². The van der Waals surface area contributed by atoms with E-state index in [1.165, 1.54) is 17.4 Å². The molecule has 0 saturated heterocycles. The molecule has 2 aromatic rings. The molecule has 1 aromatic carbocycles. The summed E-state index contributed by atoms with van der Waals surface area (Å²) in [7, 11) is 1.85. The summed E-state index contributed by atoms with van der Waals surface area (Å²) < 4.78 is 37.9. The molecule has 7 heteroatoms. The van der Waals surface area contributed by atoms with Gasteiger partial charge in [-0.25, -0.2) is 4.98 Å². The van der Waals surface area contributed by atoms with E-state index in [9.17, 15) is 13.2 Å². The maximum absolute atomic E-state index is 12.6. The molecule has 2 nitrogen and oxygen atoms in total. The van der Waals surface area contributed by atoms with Gasteiger partial charge in [-0.1, -0.05) is 12.1 Å². The average Bonchev–Trinajstić information content (AvgIpc) is 2.84. The number of likely N-dealkylation sites (N-methyl/N-ethyl adjacent to an activating group) is 1. The van der Waals surface area contributed by atoms with Crippen LogP contribution in [0.25, 0.3) is 11.3 Å². The molecule has 0 radical (unpaired) electrons. The fraction of sp³-hybridized carbons (Fsp3) is 0.308. The van der Waals surface area contributed by atoms with Crippen molar-refractivity contribution in [1.82, 2.24) is 10.3 Å². The van der Waals surface area contributed by atoms with Crippen molar-refractivity contribution in [3.05, 3.63) is 40.2 Å². The first-order chi connectivity index (χ1) is 9.00. The standard InChI is InChI=1S/C13H13F3N2S.ClH/c1-17-6-5-12-18-11(8-19-12)9-3-2-4-10(7-9)13(14,15)16;/h2-4,7-8,17H,5-6H2,1H3;1H. The highest BCUT2D eigenvalue weighted by Gasteiger charge is 2.30. The Morgan fingerprint density at radius 1 is 1.30 bits per heavy atom. The van der Waals surface area contributed by atoms with Crippen molar-refractivity contribution >= 4 is 23.7 Å². The Kier molecular flexibility index (Phi) is 5.98. The van der Waals surface area contributed by atoms with E-state index in [2.05, 4.69) is 10.3 Å². The summed E-state index contributed by atoms with van der Waals surface area (Å²) >= 11 is 1.47. The zero-order valence-electron chi connectivity index (χ0n) is 10.7. The maximum Gasteiger partial charge on any atom is 0.416 e. The lowest BCUT2D eigenvalue weighted by Gasteiger charge is -2.07. The number of aromatic nitrogens is 1. The Morgan fingerprint density at radius 3 is 2.70 bits per heavy atom. The Morgan fingerprint density at radius 2 is 2.05 bits per heavy atom. The number of nitrogens with one attached hydrogen (secondary N) is 1. The predicted octanol–water partition coefficient (Wildman–Crippen LogP) is 4.01. The third-order valence-corrected chi connectivity index (χ3v) is 3.53. The van der Waals surface area contributed by atoms with E-state index in [0.717, 1.165) is 30.1 Å². The predicted molar refractivity (Wildman–Crippen MR) is 77.4 cm³/mol. The SMILES string of the molecule is CNCCc1nc(-c2cccc(C(F)(F)F)c2)cs1.Cl. The van der Waals surface area contributed by atoms with Crippen LogP contribution in [-0.2, 0) is 12.6 Å². The van der Waals surface area contributed by atoms with Gasteiger partial charge in [0.1, 0.15) is 0 Å². The van der Waals surface area contributed by atoms with E-state index >= 15 is 0 Å². The van der Waals surface area contributed by atoms with Crippen molar-refractivity contribution in [2.75, 3.05) is 13.6 Å². The van der Waals surface area contributed by atoms with E-state index in [1.807, 2.05) is 7.05 Å². The van der Waals surface area contributed by atoms with E-state index < -0.39 is 11.7 Å². The highest BCUT2D eigenvalue weighted by atomic mass is 35.5. The van der Waals surface area contributed by atoms with E-state index in [-0.39, 0.29) is 12.4 Å². The minimum atomic E-state index is -4.32. The summed E-state index contributed by atoms with van der Waals surface area (Å²) in [5, 5.41) is 5.72. The smallest absolute Gasteiger partial charge is 0.319 e. The minimum absolute atomic E-state index is 0. The summed E-state index contributed by atoms with van der Waals surface area (Å²) in [6.07, 6.45) is -3.54. The van der Waals surface area contributed by atoms with E-state index in [1.54, 1.807) is 11.4 Å². The molecule has 1 aromatic heterocycles. The van der Waals surface area contributed by atoms with Gasteiger partial charge in [-0.2, -0.15) is 13.2 Å². The van der Waals surface area contributed by atoms with Crippen LogP contribution in [-0.4, -0.2) is 18.6 Å². The Balaban J connectivity index is 0.00000200. The van der Waals surface area contributed by atoms with Crippen LogP contribution < -0.4 is 5.32 Å². The number of thiazole rings is 1. The fourth-order valence-electron chi connectivity index (χ4n) is 1.65. The zero-order chi connectivity index (χ0) is 13.9. The highest BCUT2D eigenvalue weighted by molar-refractivity contribution is 7.09. The largest absolute Gasteiger partial charge is 0.416 e. The van der Waals surface area contributed by atoms with Gasteiger partial charge < -0.3 is 5.32 Å². The lowest BCUT2D eigenvalue weighted by atomic mass is 10.1. The Hall–Kier alpha value is -1.11. The van der Waals surface area contributed by atoms with Crippen LogP contribution in [0.1, 0.15) is 10.6 Å². The van der Waals surface area contributed by atoms with Crippen molar-refractivity contribution in [3.8, 4) is 11.3 Å². The molecule has 2 rings (SSSR count). The molecular weight excluding hydrogens is 309 g/mol. The van der Waals surface area contributed by atoms with Crippen LogP contribution in [0.4, 0.5) is 13.2 Å². The second kappa shape index (κ2) is 7.06. The third-order valence-electron chi connectivity index (χ3n) is 2.63. The van der Waals surface area contributed by atoms with Crippen LogP contribution in [0.3, 0.4) is 0 Å². The number of hydrogen-bond acceptors (Lipinski definition) is 3.